The number of ether oxygens (including phenoxy) is 1. The molecule has 0 aliphatic rings. The van der Waals surface area contributed by atoms with Crippen LogP contribution in [0, 0.1) is 0 Å². The van der Waals surface area contributed by atoms with Gasteiger partial charge in [-0.25, -0.2) is 9.59 Å². The van der Waals surface area contributed by atoms with Gasteiger partial charge in [0.2, 0.25) is 0 Å². The summed E-state index contributed by atoms with van der Waals surface area (Å²) in [5.74, 6) is -1.03. The summed E-state index contributed by atoms with van der Waals surface area (Å²) in [6, 6.07) is -1.62. The number of hydrogen-bond donors (Lipinski definition) is 4. The highest BCUT2D eigenvalue weighted by Gasteiger charge is 2.22. The summed E-state index contributed by atoms with van der Waals surface area (Å²) in [6.07, 6.45) is 2.32. The molecule has 17 heavy (non-hydrogen) atoms. The van der Waals surface area contributed by atoms with Crippen LogP contribution in [0.15, 0.2) is 0 Å². The number of rotatable bonds is 8. The Kier molecular flexibility index (Phi) is 9.06. The lowest BCUT2D eigenvalue weighted by molar-refractivity contribution is -0.161. The highest BCUT2D eigenvalue weighted by Crippen LogP contribution is 2.02. The van der Waals surface area contributed by atoms with Crippen LogP contribution in [-0.4, -0.2) is 36.3 Å². The molecule has 0 spiro atoms. The molecule has 0 aliphatic carbocycles. The summed E-state index contributed by atoms with van der Waals surface area (Å²) >= 11 is 3.93. The van der Waals surface area contributed by atoms with E-state index in [1.54, 1.807) is 0 Å². The number of esters is 2. The predicted octanol–water partition coefficient (Wildman–Crippen LogP) is -0.840. The number of nitrogens with two attached hydrogens (primary N) is 3. The number of carbonyl (C=O) groups excluding carboxylic acids is 2. The van der Waals surface area contributed by atoms with E-state index in [0.29, 0.717) is 25.1 Å². The lowest BCUT2D eigenvalue weighted by Crippen LogP contribution is -2.39. The molecule has 0 aromatic carbocycles. The van der Waals surface area contributed by atoms with Gasteiger partial charge in [-0.3, -0.25) is 0 Å². The molecule has 0 saturated carbocycles. The zero-order chi connectivity index (χ0) is 13.3. The fourth-order valence-electron chi connectivity index (χ4n) is 1.13. The third kappa shape index (κ3) is 7.32. The van der Waals surface area contributed by atoms with Gasteiger partial charge >= 0.3 is 11.9 Å². The van der Waals surface area contributed by atoms with Crippen LogP contribution in [0.5, 0.6) is 0 Å². The minimum absolute atomic E-state index is 0.359. The normalized spacial score (nSPS) is 14.1. The average molecular weight is 263 g/mol. The minimum Gasteiger partial charge on any atom is -0.391 e. The second kappa shape index (κ2) is 9.41. The van der Waals surface area contributed by atoms with E-state index in [-0.39, 0.29) is 0 Å². The van der Waals surface area contributed by atoms with Crippen LogP contribution in [0.3, 0.4) is 0 Å². The van der Waals surface area contributed by atoms with Crippen molar-refractivity contribution in [1.29, 1.82) is 0 Å². The summed E-state index contributed by atoms with van der Waals surface area (Å²) in [4.78, 5) is 22.7. The van der Waals surface area contributed by atoms with Crippen molar-refractivity contribution in [2.75, 3.05) is 12.3 Å². The van der Waals surface area contributed by atoms with Gasteiger partial charge in [-0.2, -0.15) is 12.6 Å². The molecular weight excluding hydrogens is 242 g/mol. The Bertz CT molecular complexity index is 251. The Morgan fingerprint density at radius 3 is 2.06 bits per heavy atom. The molecule has 2 atom stereocenters. The number of carbonyl (C=O) groups is 2. The highest BCUT2D eigenvalue weighted by atomic mass is 32.1. The van der Waals surface area contributed by atoms with Gasteiger partial charge < -0.3 is 21.9 Å². The Labute approximate surface area is 107 Å². The van der Waals surface area contributed by atoms with Gasteiger partial charge in [0, 0.05) is 0 Å². The highest BCUT2D eigenvalue weighted by molar-refractivity contribution is 7.80. The molecule has 0 heterocycles. The first-order chi connectivity index (χ1) is 8.02. The van der Waals surface area contributed by atoms with Gasteiger partial charge in [-0.15, -0.1) is 0 Å². The monoisotopic (exact) mass is 263 g/mol. The second-order valence-corrected chi connectivity index (χ2v) is 4.20. The summed E-state index contributed by atoms with van der Waals surface area (Å²) < 4.78 is 4.56. The molecule has 0 radical (unpaired) electrons. The smallest absolute Gasteiger partial charge is 0.330 e. The van der Waals surface area contributed by atoms with E-state index >= 15 is 0 Å². The van der Waals surface area contributed by atoms with E-state index in [2.05, 4.69) is 17.4 Å². The van der Waals surface area contributed by atoms with Gasteiger partial charge in [0.1, 0.15) is 12.1 Å². The Balaban J connectivity index is 3.94. The van der Waals surface area contributed by atoms with Crippen LogP contribution < -0.4 is 17.2 Å². The first-order valence-corrected chi connectivity index (χ1v) is 6.23. The molecule has 0 fully saturated rings. The molecule has 6 nitrogen and oxygen atoms in total. The van der Waals surface area contributed by atoms with Crippen molar-refractivity contribution >= 4 is 24.6 Å². The molecule has 0 amide bonds. The fourth-order valence-corrected chi connectivity index (χ4v) is 1.41. The SMILES string of the molecule is NCCCC[C@H](N)C(=O)OC(=O)[C@H](N)CCS. The van der Waals surface area contributed by atoms with Crippen LogP contribution >= 0.6 is 12.6 Å². The van der Waals surface area contributed by atoms with E-state index in [4.69, 9.17) is 17.2 Å². The van der Waals surface area contributed by atoms with Crippen molar-refractivity contribution in [3.63, 3.8) is 0 Å². The lowest BCUT2D eigenvalue weighted by Gasteiger charge is -2.12. The maximum Gasteiger partial charge on any atom is 0.330 e. The van der Waals surface area contributed by atoms with Crippen LogP contribution in [0.1, 0.15) is 25.7 Å². The molecule has 0 aliphatic heterocycles. The summed E-state index contributed by atoms with van der Waals surface area (Å²) in [7, 11) is 0. The van der Waals surface area contributed by atoms with Crippen LogP contribution in [-0.2, 0) is 14.3 Å². The van der Waals surface area contributed by atoms with Crippen molar-refractivity contribution in [2.45, 2.75) is 37.8 Å². The lowest BCUT2D eigenvalue weighted by atomic mass is 10.1. The van der Waals surface area contributed by atoms with Crippen molar-refractivity contribution in [2.24, 2.45) is 17.2 Å². The molecule has 0 unspecified atom stereocenters. The van der Waals surface area contributed by atoms with E-state index in [1.165, 1.54) is 0 Å². The van der Waals surface area contributed by atoms with Gasteiger partial charge in [0.15, 0.2) is 0 Å². The van der Waals surface area contributed by atoms with Crippen molar-refractivity contribution in [3.05, 3.63) is 0 Å². The minimum atomic E-state index is -0.826. The van der Waals surface area contributed by atoms with E-state index in [9.17, 15) is 9.59 Å². The van der Waals surface area contributed by atoms with E-state index < -0.39 is 24.0 Å². The average Bonchev–Trinajstić information content (AvgIpc) is 2.29. The predicted molar refractivity (Wildman–Crippen MR) is 68.4 cm³/mol. The molecule has 0 saturated heterocycles. The van der Waals surface area contributed by atoms with Gasteiger partial charge in [-0.1, -0.05) is 6.42 Å². The number of hydrogen-bond acceptors (Lipinski definition) is 7. The zero-order valence-electron chi connectivity index (χ0n) is 9.80. The summed E-state index contributed by atoms with van der Waals surface area (Å²) in [5, 5.41) is 0. The Hall–Kier alpha value is -0.630. The fraction of sp³-hybridized carbons (Fsp3) is 0.800. The largest absolute Gasteiger partial charge is 0.391 e. The third-order valence-corrected chi connectivity index (χ3v) is 2.47. The standard InChI is InChI=1S/C10H21N3O3S/c11-5-2-1-3-7(12)9(14)16-10(15)8(13)4-6-17/h7-8,17H,1-6,11-13H2/t7-,8+/m0/s1. The molecule has 6 N–H and O–H groups in total. The van der Waals surface area contributed by atoms with Crippen LogP contribution in [0.25, 0.3) is 0 Å². The van der Waals surface area contributed by atoms with Crippen molar-refractivity contribution in [1.82, 2.24) is 0 Å². The molecule has 0 bridgehead atoms. The summed E-state index contributed by atoms with van der Waals surface area (Å²) in [6.45, 7) is 0.549. The number of thiol groups is 1. The molecule has 0 aromatic heterocycles. The topological polar surface area (TPSA) is 121 Å². The molecule has 0 aromatic rings. The van der Waals surface area contributed by atoms with Crippen molar-refractivity contribution in [3.8, 4) is 0 Å². The molecule has 100 valence electrons. The summed E-state index contributed by atoms with van der Waals surface area (Å²) in [5.41, 5.74) is 16.3. The quantitative estimate of drug-likeness (QED) is 0.196. The van der Waals surface area contributed by atoms with E-state index in [0.717, 1.165) is 12.8 Å². The van der Waals surface area contributed by atoms with Gasteiger partial charge in [0.05, 0.1) is 0 Å². The third-order valence-electron chi connectivity index (χ3n) is 2.22. The maximum absolute atomic E-state index is 11.4. The van der Waals surface area contributed by atoms with Crippen molar-refractivity contribution < 1.29 is 14.3 Å². The van der Waals surface area contributed by atoms with Crippen LogP contribution in [0.4, 0.5) is 0 Å². The zero-order valence-corrected chi connectivity index (χ0v) is 10.7. The van der Waals surface area contributed by atoms with Gasteiger partial charge in [-0.05, 0) is 31.6 Å². The second-order valence-electron chi connectivity index (χ2n) is 3.75. The van der Waals surface area contributed by atoms with E-state index in [1.807, 2.05) is 0 Å². The molecular formula is C10H21N3O3S. The van der Waals surface area contributed by atoms with Gasteiger partial charge in [0.25, 0.3) is 0 Å². The molecule has 7 heteroatoms. The first kappa shape index (κ1) is 16.4. The Morgan fingerprint density at radius 2 is 1.59 bits per heavy atom. The Morgan fingerprint density at radius 1 is 1.06 bits per heavy atom. The maximum atomic E-state index is 11.4. The van der Waals surface area contributed by atoms with Crippen LogP contribution in [0.2, 0.25) is 0 Å². The molecule has 0 rings (SSSR count). The first-order valence-electron chi connectivity index (χ1n) is 5.60. The number of unbranched alkanes of at least 4 members (excludes halogenated alkanes) is 1.